The van der Waals surface area contributed by atoms with Crippen molar-refractivity contribution in [3.63, 3.8) is 0 Å². The van der Waals surface area contributed by atoms with Gasteiger partial charge in [0.1, 0.15) is 0 Å². The summed E-state index contributed by atoms with van der Waals surface area (Å²) in [5.41, 5.74) is 1.20. The SMILES string of the molecule is C=C/C=C\C(=C/C=C)[C@@H]1c2sc(=O)[nH]c2SC(C)(CCC)CC1(C)C. The third-order valence-electron chi connectivity index (χ3n) is 4.71. The Balaban J connectivity index is 2.67. The number of thioether (sulfide) groups is 1. The zero-order valence-electron chi connectivity index (χ0n) is 15.7. The molecule has 25 heavy (non-hydrogen) atoms. The first-order chi connectivity index (χ1) is 11.8. The van der Waals surface area contributed by atoms with Gasteiger partial charge in [-0.15, -0.1) is 11.8 Å². The van der Waals surface area contributed by atoms with Crippen LogP contribution in [0.25, 0.3) is 0 Å². The molecule has 0 saturated carbocycles. The first-order valence-electron chi connectivity index (χ1n) is 8.80. The summed E-state index contributed by atoms with van der Waals surface area (Å²) in [6, 6.07) is 0. The van der Waals surface area contributed by atoms with Crippen LogP contribution in [-0.2, 0) is 0 Å². The fourth-order valence-corrected chi connectivity index (χ4v) is 7.12. The van der Waals surface area contributed by atoms with Crippen LogP contribution in [0.15, 0.2) is 58.9 Å². The predicted octanol–water partition coefficient (Wildman–Crippen LogP) is 6.46. The first-order valence-corrected chi connectivity index (χ1v) is 10.4. The second-order valence-electron chi connectivity index (χ2n) is 7.61. The Labute approximate surface area is 159 Å². The van der Waals surface area contributed by atoms with Crippen LogP contribution in [0.4, 0.5) is 0 Å². The van der Waals surface area contributed by atoms with Gasteiger partial charge in [0.2, 0.25) is 0 Å². The Morgan fingerprint density at radius 3 is 2.64 bits per heavy atom. The molecule has 0 saturated heterocycles. The van der Waals surface area contributed by atoms with E-state index < -0.39 is 0 Å². The summed E-state index contributed by atoms with van der Waals surface area (Å²) >= 11 is 3.20. The van der Waals surface area contributed by atoms with Crippen LogP contribution in [0.2, 0.25) is 0 Å². The number of H-pyrrole nitrogens is 1. The largest absolute Gasteiger partial charge is 0.307 e. The molecule has 2 nitrogen and oxygen atoms in total. The molecular formula is C21H29NOS2. The molecule has 1 aromatic heterocycles. The number of hydrogen-bond acceptors (Lipinski definition) is 3. The Hall–Kier alpha value is -1.26. The van der Waals surface area contributed by atoms with Gasteiger partial charge in [-0.3, -0.25) is 4.79 Å². The van der Waals surface area contributed by atoms with Crippen molar-refractivity contribution in [3.05, 3.63) is 63.7 Å². The van der Waals surface area contributed by atoms with Gasteiger partial charge in [-0.2, -0.15) is 0 Å². The second kappa shape index (κ2) is 7.96. The quantitative estimate of drug-likeness (QED) is 0.579. The maximum Gasteiger partial charge on any atom is 0.305 e. The summed E-state index contributed by atoms with van der Waals surface area (Å²) < 4.78 is 0.118. The lowest BCUT2D eigenvalue weighted by Gasteiger charge is -2.39. The monoisotopic (exact) mass is 375 g/mol. The number of aromatic nitrogens is 1. The van der Waals surface area contributed by atoms with Crippen LogP contribution in [0.1, 0.15) is 57.8 Å². The van der Waals surface area contributed by atoms with E-state index >= 15 is 0 Å². The molecule has 0 radical (unpaired) electrons. The third kappa shape index (κ3) is 4.48. The molecule has 1 aliphatic rings. The first kappa shape index (κ1) is 20.1. The summed E-state index contributed by atoms with van der Waals surface area (Å²) in [4.78, 5) is 16.5. The molecule has 1 aliphatic heterocycles. The molecule has 4 heteroatoms. The molecule has 2 rings (SSSR count). The van der Waals surface area contributed by atoms with E-state index in [1.807, 2.05) is 23.9 Å². The van der Waals surface area contributed by atoms with E-state index in [1.54, 1.807) is 6.08 Å². The number of rotatable bonds is 6. The summed E-state index contributed by atoms with van der Waals surface area (Å²) in [5, 5.41) is 1.04. The van der Waals surface area contributed by atoms with E-state index in [0.29, 0.717) is 0 Å². The van der Waals surface area contributed by atoms with Crippen LogP contribution in [0.5, 0.6) is 0 Å². The van der Waals surface area contributed by atoms with Crippen molar-refractivity contribution in [1.82, 2.24) is 4.98 Å². The highest BCUT2D eigenvalue weighted by Crippen LogP contribution is 2.57. The van der Waals surface area contributed by atoms with Crippen molar-refractivity contribution < 1.29 is 0 Å². The molecule has 136 valence electrons. The third-order valence-corrected chi connectivity index (χ3v) is 7.15. The van der Waals surface area contributed by atoms with E-state index in [1.165, 1.54) is 16.9 Å². The minimum atomic E-state index is 0.0215. The highest BCUT2D eigenvalue weighted by Gasteiger charge is 2.45. The van der Waals surface area contributed by atoms with Gasteiger partial charge < -0.3 is 4.98 Å². The zero-order chi connectivity index (χ0) is 18.7. The van der Waals surface area contributed by atoms with Crippen molar-refractivity contribution in [2.24, 2.45) is 5.41 Å². The lowest BCUT2D eigenvalue weighted by atomic mass is 9.68. The summed E-state index contributed by atoms with van der Waals surface area (Å²) in [5.74, 6) is 0.159. The van der Waals surface area contributed by atoms with Gasteiger partial charge in [0.25, 0.3) is 0 Å². The van der Waals surface area contributed by atoms with Crippen molar-refractivity contribution in [2.75, 3.05) is 0 Å². The molecule has 0 bridgehead atoms. The van der Waals surface area contributed by atoms with Crippen LogP contribution in [0.3, 0.4) is 0 Å². The van der Waals surface area contributed by atoms with Gasteiger partial charge in [-0.05, 0) is 23.8 Å². The molecule has 0 aromatic carbocycles. The molecule has 2 heterocycles. The summed E-state index contributed by atoms with van der Waals surface area (Å²) in [6.45, 7) is 16.9. The van der Waals surface area contributed by atoms with Gasteiger partial charge in [0.15, 0.2) is 0 Å². The molecule has 0 amide bonds. The minimum Gasteiger partial charge on any atom is -0.307 e. The normalized spacial score (nSPS) is 26.2. The van der Waals surface area contributed by atoms with E-state index in [2.05, 4.69) is 58.0 Å². The average molecular weight is 376 g/mol. The van der Waals surface area contributed by atoms with E-state index in [-0.39, 0.29) is 21.0 Å². The van der Waals surface area contributed by atoms with E-state index in [4.69, 9.17) is 0 Å². The molecule has 0 fully saturated rings. The van der Waals surface area contributed by atoms with Gasteiger partial charge in [-0.1, -0.05) is 89.0 Å². The predicted molar refractivity (Wildman–Crippen MR) is 113 cm³/mol. The number of fused-ring (bicyclic) bond motifs is 1. The Morgan fingerprint density at radius 2 is 2.04 bits per heavy atom. The smallest absolute Gasteiger partial charge is 0.305 e. The van der Waals surface area contributed by atoms with Crippen molar-refractivity contribution in [2.45, 2.75) is 62.6 Å². The van der Waals surface area contributed by atoms with E-state index in [0.717, 1.165) is 29.2 Å². The minimum absolute atomic E-state index is 0.0215. The lowest BCUT2D eigenvalue weighted by molar-refractivity contribution is 0.257. The van der Waals surface area contributed by atoms with E-state index in [9.17, 15) is 4.79 Å². The molecule has 1 unspecified atom stereocenters. The number of allylic oxidation sites excluding steroid dienone is 6. The van der Waals surface area contributed by atoms with Crippen LogP contribution >= 0.6 is 23.1 Å². The summed E-state index contributed by atoms with van der Waals surface area (Å²) in [6.07, 6.45) is 13.1. The number of thiazole rings is 1. The van der Waals surface area contributed by atoms with Crippen LogP contribution in [0, 0.1) is 5.41 Å². The van der Waals surface area contributed by atoms with Crippen molar-refractivity contribution in [1.29, 1.82) is 0 Å². The highest BCUT2D eigenvalue weighted by atomic mass is 32.2. The summed E-state index contributed by atoms with van der Waals surface area (Å²) in [7, 11) is 0. The molecule has 0 aliphatic carbocycles. The Morgan fingerprint density at radius 1 is 1.32 bits per heavy atom. The number of nitrogens with one attached hydrogen (secondary N) is 1. The van der Waals surface area contributed by atoms with Gasteiger partial charge in [0, 0.05) is 15.5 Å². The fraction of sp³-hybridized carbons (Fsp3) is 0.476. The number of aromatic amines is 1. The van der Waals surface area contributed by atoms with Crippen molar-refractivity contribution >= 4 is 23.1 Å². The van der Waals surface area contributed by atoms with Crippen LogP contribution in [-0.4, -0.2) is 9.73 Å². The molecule has 1 N–H and O–H groups in total. The lowest BCUT2D eigenvalue weighted by Crippen LogP contribution is -2.31. The molecule has 0 spiro atoms. The standard InChI is InChI=1S/C21H29NOS2/c1-7-10-12-15(11-8-2)16-17-18(22-19(23)24-17)25-21(6,13-9-3)14-20(16,4)5/h7-8,10-12,16H,1-2,9,13-14H2,3-6H3,(H,22,23)/b12-10-,15-11+/t16-,21?/m1/s1. The molecule has 2 atom stereocenters. The Bertz CT molecular complexity index is 750. The second-order valence-corrected chi connectivity index (χ2v) is 10.2. The van der Waals surface area contributed by atoms with Gasteiger partial charge >= 0.3 is 4.87 Å². The fourth-order valence-electron chi connectivity index (χ4n) is 4.13. The van der Waals surface area contributed by atoms with Crippen molar-refractivity contribution in [3.8, 4) is 0 Å². The zero-order valence-corrected chi connectivity index (χ0v) is 17.4. The van der Waals surface area contributed by atoms with Crippen LogP contribution < -0.4 is 4.87 Å². The molecular weight excluding hydrogens is 346 g/mol. The number of hydrogen-bond donors (Lipinski definition) is 1. The highest BCUT2D eigenvalue weighted by molar-refractivity contribution is 8.00. The maximum atomic E-state index is 12.2. The maximum absolute atomic E-state index is 12.2. The van der Waals surface area contributed by atoms with Gasteiger partial charge in [-0.25, -0.2) is 0 Å². The Kier molecular flexibility index (Phi) is 6.39. The topological polar surface area (TPSA) is 32.9 Å². The van der Waals surface area contributed by atoms with Gasteiger partial charge in [0.05, 0.1) is 5.03 Å². The average Bonchev–Trinajstić information content (AvgIpc) is 2.80. The molecule has 1 aromatic rings.